The van der Waals surface area contributed by atoms with E-state index in [-0.39, 0.29) is 12.8 Å². The van der Waals surface area contributed by atoms with Crippen molar-refractivity contribution >= 4 is 16.9 Å². The van der Waals surface area contributed by atoms with Gasteiger partial charge in [0.2, 0.25) is 6.43 Å². The highest BCUT2D eigenvalue weighted by Crippen LogP contribution is 2.35. The zero-order chi connectivity index (χ0) is 19.9. The molecule has 0 bridgehead atoms. The smallest absolute Gasteiger partial charge is 0.303 e. The molecule has 2 aromatic carbocycles. The van der Waals surface area contributed by atoms with E-state index in [1.165, 1.54) is 0 Å². The van der Waals surface area contributed by atoms with Gasteiger partial charge in [0, 0.05) is 35.8 Å². The monoisotopic (exact) mass is 385 g/mol. The number of benzene rings is 2. The molecule has 147 valence electrons. The van der Waals surface area contributed by atoms with Gasteiger partial charge < -0.3 is 9.52 Å². The van der Waals surface area contributed by atoms with Gasteiger partial charge in [-0.2, -0.15) is 0 Å². The number of fused-ring (bicyclic) bond motifs is 1. The van der Waals surface area contributed by atoms with Crippen molar-refractivity contribution in [2.45, 2.75) is 45.0 Å². The lowest BCUT2D eigenvalue weighted by Gasteiger charge is -2.03. The first kappa shape index (κ1) is 20.1. The third-order valence-electron chi connectivity index (χ3n) is 4.74. The van der Waals surface area contributed by atoms with Crippen molar-refractivity contribution in [3.8, 4) is 11.1 Å². The lowest BCUT2D eigenvalue weighted by molar-refractivity contribution is -0.136. The molecule has 1 heterocycles. The number of halogens is 2. The number of carboxylic acids is 1. The fraction of sp³-hybridized carbons (Fsp3) is 0.304. The number of carbonyl (C=O) groups is 1. The quantitative estimate of drug-likeness (QED) is 0.417. The van der Waals surface area contributed by atoms with Gasteiger partial charge in [-0.3, -0.25) is 4.79 Å². The Morgan fingerprint density at radius 2 is 1.82 bits per heavy atom. The van der Waals surface area contributed by atoms with E-state index in [9.17, 15) is 13.6 Å². The second kappa shape index (κ2) is 9.49. The van der Waals surface area contributed by atoms with Crippen LogP contribution in [0.2, 0.25) is 0 Å². The topological polar surface area (TPSA) is 50.4 Å². The fourth-order valence-electron chi connectivity index (χ4n) is 3.39. The third-order valence-corrected chi connectivity index (χ3v) is 4.74. The van der Waals surface area contributed by atoms with E-state index in [4.69, 9.17) is 9.52 Å². The maximum Gasteiger partial charge on any atom is 0.303 e. The van der Waals surface area contributed by atoms with Gasteiger partial charge in [0.15, 0.2) is 0 Å². The number of para-hydroxylation sites is 1. The molecule has 5 heteroatoms. The SMILES string of the molecule is O=C(O)CCc1c(CC[CH]CCC(F)F)oc2c(-c3ccccc3)cccc12. The molecule has 0 saturated heterocycles. The summed E-state index contributed by atoms with van der Waals surface area (Å²) in [5.41, 5.74) is 3.64. The number of carboxylic acid groups (broad SMARTS) is 1. The number of hydrogen-bond donors (Lipinski definition) is 1. The molecule has 0 atom stereocenters. The second-order valence-corrected chi connectivity index (χ2v) is 6.74. The van der Waals surface area contributed by atoms with Crippen LogP contribution in [0.5, 0.6) is 0 Å². The Kier molecular flexibility index (Phi) is 6.80. The summed E-state index contributed by atoms with van der Waals surface area (Å²) in [6.45, 7) is 0. The lowest BCUT2D eigenvalue weighted by atomic mass is 9.98. The van der Waals surface area contributed by atoms with Crippen LogP contribution in [0.15, 0.2) is 52.9 Å². The summed E-state index contributed by atoms with van der Waals surface area (Å²) >= 11 is 0. The van der Waals surface area contributed by atoms with Gasteiger partial charge in [-0.05, 0) is 31.2 Å². The minimum atomic E-state index is -2.29. The average molecular weight is 385 g/mol. The van der Waals surface area contributed by atoms with Crippen LogP contribution in [-0.4, -0.2) is 17.5 Å². The van der Waals surface area contributed by atoms with Crippen LogP contribution in [0.4, 0.5) is 8.78 Å². The van der Waals surface area contributed by atoms with E-state index >= 15 is 0 Å². The Morgan fingerprint density at radius 3 is 2.54 bits per heavy atom. The summed E-state index contributed by atoms with van der Waals surface area (Å²) in [6.07, 6.45) is 1.37. The van der Waals surface area contributed by atoms with Crippen LogP contribution in [0, 0.1) is 6.42 Å². The molecule has 28 heavy (non-hydrogen) atoms. The molecule has 0 unspecified atom stereocenters. The number of aryl methyl sites for hydroxylation is 2. The van der Waals surface area contributed by atoms with E-state index in [0.717, 1.165) is 33.4 Å². The van der Waals surface area contributed by atoms with Gasteiger partial charge in [0.25, 0.3) is 0 Å². The minimum Gasteiger partial charge on any atom is -0.481 e. The van der Waals surface area contributed by atoms with Crippen molar-refractivity contribution in [1.82, 2.24) is 0 Å². The molecule has 3 nitrogen and oxygen atoms in total. The first-order valence-electron chi connectivity index (χ1n) is 9.46. The molecule has 0 aliphatic rings. The standard InChI is InChI=1S/C23H23F2O3/c24-21(25)13-6-2-5-12-20-18(14-15-22(26)27)19-11-7-10-17(23(19)28-20)16-8-3-1-4-9-16/h1-4,7-11,21H,5-6,12-15H2,(H,26,27). The van der Waals surface area contributed by atoms with Crippen LogP contribution < -0.4 is 0 Å². The largest absolute Gasteiger partial charge is 0.481 e. The van der Waals surface area contributed by atoms with Gasteiger partial charge in [-0.25, -0.2) is 8.78 Å². The summed E-state index contributed by atoms with van der Waals surface area (Å²) in [7, 11) is 0. The van der Waals surface area contributed by atoms with E-state index in [1.54, 1.807) is 0 Å². The van der Waals surface area contributed by atoms with Crippen LogP contribution in [0.1, 0.15) is 37.0 Å². The summed E-state index contributed by atoms with van der Waals surface area (Å²) in [5.74, 6) is -0.115. The molecular formula is C23H23F2O3. The van der Waals surface area contributed by atoms with E-state index in [0.29, 0.717) is 25.7 Å². The highest BCUT2D eigenvalue weighted by Gasteiger charge is 2.18. The molecule has 0 aliphatic heterocycles. The van der Waals surface area contributed by atoms with Crippen LogP contribution in [0.25, 0.3) is 22.1 Å². The Morgan fingerprint density at radius 1 is 1.04 bits per heavy atom. The zero-order valence-corrected chi connectivity index (χ0v) is 15.5. The number of alkyl halides is 2. The molecule has 1 N–H and O–H groups in total. The van der Waals surface area contributed by atoms with Crippen molar-refractivity contribution < 1.29 is 23.1 Å². The number of unbranched alkanes of at least 4 members (excludes halogenated alkanes) is 2. The predicted molar refractivity (Wildman–Crippen MR) is 105 cm³/mol. The summed E-state index contributed by atoms with van der Waals surface area (Å²) in [6, 6.07) is 15.8. The predicted octanol–water partition coefficient (Wildman–Crippen LogP) is 6.30. The molecule has 0 fully saturated rings. The molecule has 1 radical (unpaired) electrons. The van der Waals surface area contributed by atoms with Crippen LogP contribution in [0.3, 0.4) is 0 Å². The highest BCUT2D eigenvalue weighted by molar-refractivity contribution is 5.95. The summed E-state index contributed by atoms with van der Waals surface area (Å²) < 4.78 is 30.7. The maximum absolute atomic E-state index is 12.3. The van der Waals surface area contributed by atoms with Gasteiger partial charge in [0.1, 0.15) is 11.3 Å². The zero-order valence-electron chi connectivity index (χ0n) is 15.5. The lowest BCUT2D eigenvalue weighted by Crippen LogP contribution is -1.99. The molecule has 3 aromatic rings. The maximum atomic E-state index is 12.3. The minimum absolute atomic E-state index is 0.0201. The molecule has 0 amide bonds. The van der Waals surface area contributed by atoms with Crippen molar-refractivity contribution in [3.05, 3.63) is 66.3 Å². The van der Waals surface area contributed by atoms with Gasteiger partial charge in [-0.15, -0.1) is 0 Å². The van der Waals surface area contributed by atoms with Crippen LogP contribution >= 0.6 is 0 Å². The number of hydrogen-bond acceptors (Lipinski definition) is 2. The number of aliphatic carboxylic acids is 1. The molecule has 1 aromatic heterocycles. The molecule has 0 saturated carbocycles. The average Bonchev–Trinajstić information content (AvgIpc) is 3.04. The Hall–Kier alpha value is -2.69. The van der Waals surface area contributed by atoms with Crippen molar-refractivity contribution in [2.24, 2.45) is 0 Å². The van der Waals surface area contributed by atoms with E-state index in [1.807, 2.05) is 55.0 Å². The van der Waals surface area contributed by atoms with Crippen molar-refractivity contribution in [2.75, 3.05) is 0 Å². The van der Waals surface area contributed by atoms with Crippen molar-refractivity contribution in [1.29, 1.82) is 0 Å². The van der Waals surface area contributed by atoms with Gasteiger partial charge >= 0.3 is 5.97 Å². The molecular weight excluding hydrogens is 362 g/mol. The Bertz CT molecular complexity index is 916. The van der Waals surface area contributed by atoms with E-state index in [2.05, 4.69) is 0 Å². The van der Waals surface area contributed by atoms with E-state index < -0.39 is 12.4 Å². The Balaban J connectivity index is 1.89. The number of rotatable bonds is 10. The first-order valence-corrected chi connectivity index (χ1v) is 9.46. The Labute approximate surface area is 163 Å². The van der Waals surface area contributed by atoms with Gasteiger partial charge in [0.05, 0.1) is 0 Å². The fourth-order valence-corrected chi connectivity index (χ4v) is 3.39. The first-order chi connectivity index (χ1) is 13.6. The second-order valence-electron chi connectivity index (χ2n) is 6.74. The number of furan rings is 1. The third kappa shape index (κ3) is 4.97. The molecule has 0 aliphatic carbocycles. The van der Waals surface area contributed by atoms with Crippen LogP contribution in [-0.2, 0) is 17.6 Å². The van der Waals surface area contributed by atoms with Crippen molar-refractivity contribution in [3.63, 3.8) is 0 Å². The summed E-state index contributed by atoms with van der Waals surface area (Å²) in [5, 5.41) is 10.0. The highest BCUT2D eigenvalue weighted by atomic mass is 19.3. The van der Waals surface area contributed by atoms with Gasteiger partial charge in [-0.1, -0.05) is 48.5 Å². The summed E-state index contributed by atoms with van der Waals surface area (Å²) in [4.78, 5) is 11.1. The molecule has 3 rings (SSSR count). The normalized spacial score (nSPS) is 11.4. The molecule has 0 spiro atoms.